The minimum absolute atomic E-state index is 0.627. The molecule has 0 aliphatic heterocycles. The van der Waals surface area contributed by atoms with E-state index in [9.17, 15) is 61.9 Å². The molecule has 0 spiro atoms. The largest absolute Gasteiger partial charge is 0.462 e. The van der Waals surface area contributed by atoms with Crippen LogP contribution in [0.1, 0.15) is 26.7 Å². The lowest BCUT2D eigenvalue weighted by Crippen LogP contribution is -2.70. The lowest BCUT2D eigenvalue weighted by atomic mass is 9.84. The summed E-state index contributed by atoms with van der Waals surface area (Å²) in [6.07, 6.45) is -10.4. The van der Waals surface area contributed by atoms with Crippen LogP contribution in [0, 0.1) is 5.41 Å². The van der Waals surface area contributed by atoms with Gasteiger partial charge in [-0.15, -0.1) is 0 Å². The van der Waals surface area contributed by atoms with E-state index in [0.29, 0.717) is 6.08 Å². The molecule has 178 valence electrons. The van der Waals surface area contributed by atoms with Crippen LogP contribution in [0.5, 0.6) is 0 Å². The Balaban J connectivity index is 5.80. The summed E-state index contributed by atoms with van der Waals surface area (Å²) in [5.41, 5.74) is -1.63. The quantitative estimate of drug-likeness (QED) is 0.212. The highest BCUT2D eigenvalue weighted by Gasteiger charge is 2.90. The van der Waals surface area contributed by atoms with E-state index in [2.05, 4.69) is 11.3 Å². The zero-order valence-electron chi connectivity index (χ0n) is 15.1. The monoisotopic (exact) mass is 474 g/mol. The molecule has 0 aliphatic carbocycles. The first-order valence-corrected chi connectivity index (χ1v) is 7.66. The number of hydrogen-bond acceptors (Lipinski definition) is 2. The molecule has 2 nitrogen and oxygen atoms in total. The summed E-state index contributed by atoms with van der Waals surface area (Å²) in [5.74, 6) is -38.0. The van der Waals surface area contributed by atoms with Gasteiger partial charge in [0.05, 0.1) is 6.61 Å². The molecule has 0 unspecified atom stereocenters. The van der Waals surface area contributed by atoms with Crippen molar-refractivity contribution in [3.8, 4) is 0 Å². The van der Waals surface area contributed by atoms with Gasteiger partial charge in [-0.3, -0.25) is 0 Å². The topological polar surface area (TPSA) is 26.3 Å². The third-order valence-corrected chi connectivity index (χ3v) is 3.89. The molecule has 0 amide bonds. The molecule has 0 aromatic rings. The van der Waals surface area contributed by atoms with E-state index >= 15 is 0 Å². The number of alkyl halides is 13. The van der Waals surface area contributed by atoms with E-state index < -0.39 is 66.6 Å². The molecule has 0 heterocycles. The summed E-state index contributed by atoms with van der Waals surface area (Å²) in [4.78, 5) is 10.9. The maximum atomic E-state index is 13.7. The van der Waals surface area contributed by atoms with Crippen LogP contribution in [-0.2, 0) is 9.53 Å². The van der Waals surface area contributed by atoms with Crippen molar-refractivity contribution >= 4 is 5.97 Å². The molecule has 0 atom stereocenters. The molecule has 0 rings (SSSR count). The molecule has 0 fully saturated rings. The Morgan fingerprint density at radius 1 is 0.733 bits per heavy atom. The number of ether oxygens (including phenoxy) is 1. The van der Waals surface area contributed by atoms with Gasteiger partial charge in [-0.05, 0) is 11.8 Å². The van der Waals surface area contributed by atoms with E-state index in [1.165, 1.54) is 0 Å². The van der Waals surface area contributed by atoms with Gasteiger partial charge >= 0.3 is 41.8 Å². The number of carbonyl (C=O) groups excluding carboxylic acids is 1. The minimum atomic E-state index is -7.92. The predicted molar refractivity (Wildman–Crippen MR) is 75.0 cm³/mol. The zero-order valence-corrected chi connectivity index (χ0v) is 15.1. The number of carbonyl (C=O) groups is 1. The first-order valence-electron chi connectivity index (χ1n) is 7.66. The average molecular weight is 474 g/mol. The van der Waals surface area contributed by atoms with Gasteiger partial charge in [-0.25, -0.2) is 4.79 Å². The SMILES string of the molecule is C=CC(=O)OCC(C)(C)CCC(F)(F)C(F)(F)C(F)(F)C(F)(F)C(F)(F)C(F)(F)F. The highest BCUT2D eigenvalue weighted by molar-refractivity contribution is 5.81. The van der Waals surface area contributed by atoms with Crippen molar-refractivity contribution in [2.24, 2.45) is 5.41 Å². The molecule has 30 heavy (non-hydrogen) atoms. The maximum Gasteiger partial charge on any atom is 0.460 e. The molecular formula is C15H15F13O2. The summed E-state index contributed by atoms with van der Waals surface area (Å²) < 4.78 is 173. The van der Waals surface area contributed by atoms with Gasteiger partial charge in [0, 0.05) is 12.5 Å². The third kappa shape index (κ3) is 4.95. The summed E-state index contributed by atoms with van der Waals surface area (Å²) in [5, 5.41) is 0. The number of hydrogen-bond donors (Lipinski definition) is 0. The van der Waals surface area contributed by atoms with Gasteiger partial charge in [-0.2, -0.15) is 57.1 Å². The van der Waals surface area contributed by atoms with Crippen molar-refractivity contribution in [1.29, 1.82) is 0 Å². The van der Waals surface area contributed by atoms with Gasteiger partial charge < -0.3 is 4.74 Å². The van der Waals surface area contributed by atoms with Crippen LogP contribution in [0.3, 0.4) is 0 Å². The highest BCUT2D eigenvalue weighted by atomic mass is 19.4. The van der Waals surface area contributed by atoms with Gasteiger partial charge in [0.2, 0.25) is 0 Å². The lowest BCUT2D eigenvalue weighted by Gasteiger charge is -2.40. The molecule has 0 aliphatic rings. The Kier molecular flexibility index (Phi) is 7.64. The highest BCUT2D eigenvalue weighted by Crippen LogP contribution is 2.61. The second-order valence-electron chi connectivity index (χ2n) is 6.98. The third-order valence-electron chi connectivity index (χ3n) is 3.89. The van der Waals surface area contributed by atoms with E-state index in [-0.39, 0.29) is 0 Å². The van der Waals surface area contributed by atoms with Gasteiger partial charge in [0.1, 0.15) is 0 Å². The average Bonchev–Trinajstić information content (AvgIpc) is 2.56. The summed E-state index contributed by atoms with van der Waals surface area (Å²) in [6, 6.07) is 0. The second kappa shape index (κ2) is 8.09. The van der Waals surface area contributed by atoms with Crippen LogP contribution in [0.2, 0.25) is 0 Å². The molecule has 0 radical (unpaired) electrons. The van der Waals surface area contributed by atoms with Crippen molar-refractivity contribution < 1.29 is 66.6 Å². The first kappa shape index (κ1) is 28.3. The summed E-state index contributed by atoms with van der Waals surface area (Å²) >= 11 is 0. The molecule has 0 bridgehead atoms. The van der Waals surface area contributed by atoms with Crippen molar-refractivity contribution in [1.82, 2.24) is 0 Å². The van der Waals surface area contributed by atoms with Crippen LogP contribution in [0.25, 0.3) is 0 Å². The fourth-order valence-corrected chi connectivity index (χ4v) is 1.85. The van der Waals surface area contributed by atoms with Crippen molar-refractivity contribution in [3.05, 3.63) is 12.7 Å². The minimum Gasteiger partial charge on any atom is -0.462 e. The molecule has 0 saturated carbocycles. The van der Waals surface area contributed by atoms with Crippen molar-refractivity contribution in [3.63, 3.8) is 0 Å². The smallest absolute Gasteiger partial charge is 0.460 e. The van der Waals surface area contributed by atoms with Crippen LogP contribution in [-0.4, -0.2) is 48.4 Å². The summed E-state index contributed by atoms with van der Waals surface area (Å²) in [6.45, 7) is 4.23. The Hall–Kier alpha value is -1.70. The molecule has 0 saturated heterocycles. The van der Waals surface area contributed by atoms with Gasteiger partial charge in [-0.1, -0.05) is 20.4 Å². The Labute approximate surface area is 161 Å². The second-order valence-corrected chi connectivity index (χ2v) is 6.98. The number of halogens is 13. The van der Waals surface area contributed by atoms with E-state index in [1.54, 1.807) is 0 Å². The number of rotatable bonds is 10. The molecule has 0 aromatic heterocycles. The molecule has 15 heteroatoms. The standard InChI is InChI=1S/C15H15F13O2/c1-4-8(29)30-7-9(2,3)5-6-10(16,17)11(18,19)12(20,21)13(22,23)14(24,25)15(26,27)28/h4H,1,5-7H2,2-3H3. The lowest BCUT2D eigenvalue weighted by molar-refractivity contribution is -0.440. The maximum absolute atomic E-state index is 13.7. The Morgan fingerprint density at radius 3 is 1.50 bits per heavy atom. The number of esters is 1. The summed E-state index contributed by atoms with van der Waals surface area (Å²) in [7, 11) is 0. The first-order chi connectivity index (χ1) is 12.9. The molecular weight excluding hydrogens is 459 g/mol. The van der Waals surface area contributed by atoms with Crippen LogP contribution in [0.15, 0.2) is 12.7 Å². The van der Waals surface area contributed by atoms with Crippen LogP contribution in [0.4, 0.5) is 57.1 Å². The Bertz CT molecular complexity index is 635. The fraction of sp³-hybridized carbons (Fsp3) is 0.800. The van der Waals surface area contributed by atoms with Crippen LogP contribution < -0.4 is 0 Å². The zero-order chi connectivity index (χ0) is 24.6. The van der Waals surface area contributed by atoms with Crippen molar-refractivity contribution in [2.45, 2.75) is 62.5 Å². The molecule has 0 N–H and O–H groups in total. The van der Waals surface area contributed by atoms with E-state index in [1.807, 2.05) is 0 Å². The molecule has 0 aromatic carbocycles. The van der Waals surface area contributed by atoms with E-state index in [0.717, 1.165) is 13.8 Å². The van der Waals surface area contributed by atoms with Crippen molar-refractivity contribution in [2.75, 3.05) is 6.61 Å². The van der Waals surface area contributed by atoms with Gasteiger partial charge in [0.25, 0.3) is 0 Å². The van der Waals surface area contributed by atoms with E-state index in [4.69, 9.17) is 0 Å². The van der Waals surface area contributed by atoms with Gasteiger partial charge in [0.15, 0.2) is 0 Å². The fourth-order valence-electron chi connectivity index (χ4n) is 1.85. The Morgan fingerprint density at radius 2 is 1.13 bits per heavy atom. The van der Waals surface area contributed by atoms with Crippen LogP contribution >= 0.6 is 0 Å². The predicted octanol–water partition coefficient (Wildman–Crippen LogP) is 6.26. The normalized spacial score (nSPS) is 15.2.